The van der Waals surface area contributed by atoms with Crippen molar-refractivity contribution in [2.45, 2.75) is 0 Å². The highest BCUT2D eigenvalue weighted by Crippen LogP contribution is 2.22. The summed E-state index contributed by atoms with van der Waals surface area (Å²) >= 11 is 0. The van der Waals surface area contributed by atoms with Crippen LogP contribution < -0.4 is 5.43 Å². The Morgan fingerprint density at radius 1 is 1.25 bits per heavy atom. The maximum Gasteiger partial charge on any atom is 0.219 e. The van der Waals surface area contributed by atoms with Crippen LogP contribution in [0.1, 0.15) is 10.4 Å². The van der Waals surface area contributed by atoms with Crippen molar-refractivity contribution >= 4 is 28.3 Å². The molecule has 2 aromatic heterocycles. The second-order valence-electron chi connectivity index (χ2n) is 3.51. The highest BCUT2D eigenvalue weighted by Gasteiger charge is 2.11. The van der Waals surface area contributed by atoms with Gasteiger partial charge in [0.15, 0.2) is 11.9 Å². The number of hydrogen-bond acceptors (Lipinski definition) is 3. The predicted molar refractivity (Wildman–Crippen MR) is 59.7 cm³/mol. The molecular formula is C12H7NO3. The summed E-state index contributed by atoms with van der Waals surface area (Å²) in [6, 6.07) is 7.44. The average Bonchev–Trinajstić information content (AvgIpc) is 2.69. The fourth-order valence-electron chi connectivity index (χ4n) is 1.80. The van der Waals surface area contributed by atoms with Gasteiger partial charge in [0, 0.05) is 10.9 Å². The first kappa shape index (κ1) is 8.91. The van der Waals surface area contributed by atoms with Gasteiger partial charge in [0.25, 0.3) is 0 Å². The van der Waals surface area contributed by atoms with Crippen LogP contribution in [-0.2, 0) is 0 Å². The number of para-hydroxylation sites is 1. The van der Waals surface area contributed by atoms with Gasteiger partial charge >= 0.3 is 0 Å². The van der Waals surface area contributed by atoms with E-state index in [9.17, 15) is 9.59 Å². The molecule has 0 radical (unpaired) electrons. The Morgan fingerprint density at radius 3 is 2.88 bits per heavy atom. The summed E-state index contributed by atoms with van der Waals surface area (Å²) in [6.07, 6.45) is 1.69. The van der Waals surface area contributed by atoms with Gasteiger partial charge in [-0.25, -0.2) is 0 Å². The molecule has 3 aromatic rings. The number of aldehydes is 1. The van der Waals surface area contributed by atoms with E-state index in [2.05, 4.69) is 4.98 Å². The van der Waals surface area contributed by atoms with Gasteiger partial charge in [-0.15, -0.1) is 0 Å². The first-order valence-electron chi connectivity index (χ1n) is 4.78. The van der Waals surface area contributed by atoms with Gasteiger partial charge < -0.3 is 9.40 Å². The van der Waals surface area contributed by atoms with E-state index in [-0.39, 0.29) is 11.0 Å². The van der Waals surface area contributed by atoms with Gasteiger partial charge in [-0.2, -0.15) is 0 Å². The maximum atomic E-state index is 11.8. The summed E-state index contributed by atoms with van der Waals surface area (Å²) < 4.78 is 5.31. The molecule has 0 aliphatic carbocycles. The summed E-state index contributed by atoms with van der Waals surface area (Å²) in [7, 11) is 0. The Bertz CT molecular complexity index is 752. The van der Waals surface area contributed by atoms with Crippen molar-refractivity contribution in [3.05, 3.63) is 46.3 Å². The molecule has 16 heavy (non-hydrogen) atoms. The van der Waals surface area contributed by atoms with Gasteiger partial charge in [-0.3, -0.25) is 9.59 Å². The number of fused-ring (bicyclic) bond motifs is 3. The number of rotatable bonds is 1. The lowest BCUT2D eigenvalue weighted by Gasteiger charge is -1.90. The third kappa shape index (κ3) is 1.04. The van der Waals surface area contributed by atoms with Crippen molar-refractivity contribution in [2.75, 3.05) is 0 Å². The molecule has 0 atom stereocenters. The molecule has 2 heterocycles. The van der Waals surface area contributed by atoms with Gasteiger partial charge in [-0.05, 0) is 12.1 Å². The van der Waals surface area contributed by atoms with Crippen molar-refractivity contribution in [2.24, 2.45) is 0 Å². The van der Waals surface area contributed by atoms with Crippen LogP contribution in [0, 0.1) is 0 Å². The summed E-state index contributed by atoms with van der Waals surface area (Å²) in [4.78, 5) is 25.4. The standard InChI is InChI=1S/C12H7NO3/c14-5-7-6-16-12-8-3-1-2-4-9(8)13-10(12)11(7)15/h1-6,13H. The van der Waals surface area contributed by atoms with Crippen LogP contribution in [0.2, 0.25) is 0 Å². The van der Waals surface area contributed by atoms with Gasteiger partial charge in [0.05, 0.1) is 5.56 Å². The van der Waals surface area contributed by atoms with Crippen LogP contribution in [0.4, 0.5) is 0 Å². The van der Waals surface area contributed by atoms with Crippen molar-refractivity contribution in [3.8, 4) is 0 Å². The van der Waals surface area contributed by atoms with E-state index >= 15 is 0 Å². The van der Waals surface area contributed by atoms with E-state index in [1.54, 1.807) is 0 Å². The molecule has 1 N–H and O–H groups in total. The molecule has 0 aliphatic rings. The number of aromatic amines is 1. The number of carbonyl (C=O) groups excluding carboxylic acids is 1. The van der Waals surface area contributed by atoms with Crippen molar-refractivity contribution < 1.29 is 9.21 Å². The molecule has 0 amide bonds. The summed E-state index contributed by atoms with van der Waals surface area (Å²) in [6.45, 7) is 0. The minimum atomic E-state index is -0.326. The number of carbonyl (C=O) groups is 1. The molecule has 1 aromatic carbocycles. The van der Waals surface area contributed by atoms with Crippen molar-refractivity contribution in [1.82, 2.24) is 4.98 Å². The fourth-order valence-corrected chi connectivity index (χ4v) is 1.80. The molecule has 78 valence electrons. The number of aromatic nitrogens is 1. The third-order valence-corrected chi connectivity index (χ3v) is 2.58. The van der Waals surface area contributed by atoms with Crippen LogP contribution in [-0.4, -0.2) is 11.3 Å². The van der Waals surface area contributed by atoms with Gasteiger partial charge in [0.2, 0.25) is 5.43 Å². The van der Waals surface area contributed by atoms with Crippen LogP contribution >= 0.6 is 0 Å². The highest BCUT2D eigenvalue weighted by atomic mass is 16.3. The van der Waals surface area contributed by atoms with E-state index in [4.69, 9.17) is 4.42 Å². The van der Waals surface area contributed by atoms with Crippen molar-refractivity contribution in [3.63, 3.8) is 0 Å². The van der Waals surface area contributed by atoms with Gasteiger partial charge in [-0.1, -0.05) is 12.1 Å². The monoisotopic (exact) mass is 213 g/mol. The second-order valence-corrected chi connectivity index (χ2v) is 3.51. The first-order valence-corrected chi connectivity index (χ1v) is 4.78. The lowest BCUT2D eigenvalue weighted by atomic mass is 10.2. The SMILES string of the molecule is O=Cc1coc2c([nH]c3ccccc32)c1=O. The Balaban J connectivity index is 2.60. The first-order chi connectivity index (χ1) is 7.81. The maximum absolute atomic E-state index is 11.8. The molecule has 4 heteroatoms. The second kappa shape index (κ2) is 3.06. The lowest BCUT2D eigenvalue weighted by Crippen LogP contribution is -2.07. The largest absolute Gasteiger partial charge is 0.461 e. The lowest BCUT2D eigenvalue weighted by molar-refractivity contribution is 0.112. The topological polar surface area (TPSA) is 63.1 Å². The fraction of sp³-hybridized carbons (Fsp3) is 0. The summed E-state index contributed by atoms with van der Waals surface area (Å²) in [5.74, 6) is 0. The summed E-state index contributed by atoms with van der Waals surface area (Å²) in [5.41, 5.74) is 1.35. The molecule has 0 saturated carbocycles. The molecule has 0 saturated heterocycles. The van der Waals surface area contributed by atoms with E-state index in [1.807, 2.05) is 24.3 Å². The zero-order valence-electron chi connectivity index (χ0n) is 8.19. The molecule has 0 unspecified atom stereocenters. The van der Waals surface area contributed by atoms with Crippen molar-refractivity contribution in [1.29, 1.82) is 0 Å². The quantitative estimate of drug-likeness (QED) is 0.629. The summed E-state index contributed by atoms with van der Waals surface area (Å²) in [5, 5.41) is 0.840. The third-order valence-electron chi connectivity index (χ3n) is 2.58. The smallest absolute Gasteiger partial charge is 0.219 e. The predicted octanol–water partition coefficient (Wildman–Crippen LogP) is 2.09. The van der Waals surface area contributed by atoms with Crippen LogP contribution in [0.25, 0.3) is 22.0 Å². The number of H-pyrrole nitrogens is 1. The Morgan fingerprint density at radius 2 is 2.06 bits per heavy atom. The minimum Gasteiger partial charge on any atom is -0.461 e. The van der Waals surface area contributed by atoms with Gasteiger partial charge in [0.1, 0.15) is 11.8 Å². The van der Waals surface area contributed by atoms with E-state index in [1.165, 1.54) is 6.26 Å². The molecule has 0 aliphatic heterocycles. The Kier molecular flexibility index (Phi) is 1.71. The average molecular weight is 213 g/mol. The highest BCUT2D eigenvalue weighted by molar-refractivity contribution is 6.04. The number of hydrogen-bond donors (Lipinski definition) is 1. The Hall–Kier alpha value is -2.36. The van der Waals surface area contributed by atoms with E-state index in [0.717, 1.165) is 10.9 Å². The number of benzene rings is 1. The molecule has 0 spiro atoms. The molecule has 0 bridgehead atoms. The molecule has 4 nitrogen and oxygen atoms in total. The molecule has 0 fully saturated rings. The van der Waals surface area contributed by atoms with Crippen LogP contribution in [0.3, 0.4) is 0 Å². The van der Waals surface area contributed by atoms with Crippen LogP contribution in [0.5, 0.6) is 0 Å². The zero-order chi connectivity index (χ0) is 11.1. The van der Waals surface area contributed by atoms with Crippen LogP contribution in [0.15, 0.2) is 39.7 Å². The van der Waals surface area contributed by atoms with E-state index in [0.29, 0.717) is 17.4 Å². The normalized spacial score (nSPS) is 11.0. The molecular weight excluding hydrogens is 206 g/mol. The molecule has 3 rings (SSSR count). The Labute approximate surface area is 89.5 Å². The number of nitrogens with one attached hydrogen (secondary N) is 1. The van der Waals surface area contributed by atoms with E-state index < -0.39 is 0 Å². The zero-order valence-corrected chi connectivity index (χ0v) is 8.19. The minimum absolute atomic E-state index is 0.0269.